The molecule has 0 saturated heterocycles. The molecule has 0 amide bonds. The maximum absolute atomic E-state index is 12.4. The first-order valence-electron chi connectivity index (χ1n) is 8.30. The Morgan fingerprint density at radius 2 is 2.04 bits per heavy atom. The fourth-order valence-electron chi connectivity index (χ4n) is 2.89. The monoisotopic (exact) mass is 347 g/mol. The van der Waals surface area contributed by atoms with Gasteiger partial charge in [-0.05, 0) is 30.2 Å². The number of carbonyl (C=O) groups is 2. The zero-order chi connectivity index (χ0) is 18.5. The van der Waals surface area contributed by atoms with Crippen molar-refractivity contribution < 1.29 is 14.2 Å². The zero-order valence-electron chi connectivity index (χ0n) is 14.4. The molecule has 6 nitrogen and oxygen atoms in total. The Morgan fingerprint density at radius 3 is 2.77 bits per heavy atom. The fourth-order valence-corrected chi connectivity index (χ4v) is 2.89. The zero-order valence-corrected chi connectivity index (χ0v) is 14.4. The molecule has 1 aliphatic rings. The summed E-state index contributed by atoms with van der Waals surface area (Å²) in [5.74, 6) is -0.164. The van der Waals surface area contributed by atoms with Gasteiger partial charge in [0.2, 0.25) is 0 Å². The number of nitrogens with zero attached hydrogens (tertiary/aromatic N) is 3. The van der Waals surface area contributed by atoms with Crippen molar-refractivity contribution in [3.63, 3.8) is 0 Å². The number of nitriles is 1. The average molecular weight is 347 g/mol. The van der Waals surface area contributed by atoms with Crippen LogP contribution >= 0.6 is 0 Å². The number of rotatable bonds is 6. The van der Waals surface area contributed by atoms with Gasteiger partial charge in [-0.15, -0.1) is 0 Å². The van der Waals surface area contributed by atoms with Gasteiger partial charge in [-0.1, -0.05) is 41.1 Å². The second kappa shape index (κ2) is 7.70. The van der Waals surface area contributed by atoms with Crippen LogP contribution in [-0.2, 0) is 16.0 Å². The molecule has 1 aliphatic carbocycles. The smallest absolute Gasteiger partial charge is 0.177 e. The van der Waals surface area contributed by atoms with E-state index in [1.54, 1.807) is 6.08 Å². The van der Waals surface area contributed by atoms with Crippen LogP contribution in [0.25, 0.3) is 11.3 Å². The number of hydrogen-bond acceptors (Lipinski definition) is 6. The highest BCUT2D eigenvalue weighted by atomic mass is 16.6. The lowest BCUT2D eigenvalue weighted by molar-refractivity contribution is -0.118. The molecule has 0 saturated carbocycles. The molecule has 1 aromatic heterocycles. The molecule has 0 aliphatic heterocycles. The lowest BCUT2D eigenvalue weighted by Crippen LogP contribution is -2.10. The molecule has 130 valence electrons. The van der Waals surface area contributed by atoms with Gasteiger partial charge in [0.05, 0.1) is 12.0 Å². The minimum absolute atomic E-state index is 0.00184. The van der Waals surface area contributed by atoms with E-state index in [1.165, 1.54) is 0 Å². The average Bonchev–Trinajstić information content (AvgIpc) is 3.10. The van der Waals surface area contributed by atoms with Crippen molar-refractivity contribution in [2.75, 3.05) is 0 Å². The Kier molecular flexibility index (Phi) is 5.18. The van der Waals surface area contributed by atoms with Crippen molar-refractivity contribution in [1.29, 1.82) is 5.26 Å². The quantitative estimate of drug-likeness (QED) is 0.795. The summed E-state index contributed by atoms with van der Waals surface area (Å²) in [5.41, 5.74) is 3.89. The maximum atomic E-state index is 12.4. The normalized spacial score (nSPS) is 14.2. The Labute approximate surface area is 150 Å². The van der Waals surface area contributed by atoms with Crippen LogP contribution in [0.5, 0.6) is 0 Å². The van der Waals surface area contributed by atoms with Crippen molar-refractivity contribution in [3.05, 3.63) is 58.8 Å². The Hall–Kier alpha value is -3.33. The summed E-state index contributed by atoms with van der Waals surface area (Å²) in [4.78, 5) is 24.1. The van der Waals surface area contributed by atoms with Crippen LogP contribution in [0.15, 0.2) is 57.8 Å². The summed E-state index contributed by atoms with van der Waals surface area (Å²) in [5, 5.41) is 16.8. The lowest BCUT2D eigenvalue weighted by Gasteiger charge is -2.13. The summed E-state index contributed by atoms with van der Waals surface area (Å²) in [6.45, 7) is 1.86. The van der Waals surface area contributed by atoms with Gasteiger partial charge in [0.1, 0.15) is 23.2 Å². The SMILES string of the molecule is CC1=C(CCC(=O)Cc2nonc2-c2ccccc2)C=C(C#N)C(=O)C1. The molecular weight excluding hydrogens is 330 g/mol. The second-order valence-corrected chi connectivity index (χ2v) is 6.22. The molecule has 3 rings (SSSR count). The number of Topliss-reactive ketones (excluding diaryl/α,β-unsaturated/α-hetero) is 2. The predicted octanol–water partition coefficient (Wildman–Crippen LogP) is 3.37. The maximum Gasteiger partial charge on any atom is 0.177 e. The molecule has 0 atom stereocenters. The van der Waals surface area contributed by atoms with Crippen molar-refractivity contribution in [3.8, 4) is 17.3 Å². The molecule has 6 heteroatoms. The Balaban J connectivity index is 1.65. The van der Waals surface area contributed by atoms with Crippen LogP contribution in [0.2, 0.25) is 0 Å². The van der Waals surface area contributed by atoms with E-state index in [0.29, 0.717) is 24.2 Å². The summed E-state index contributed by atoms with van der Waals surface area (Å²) in [7, 11) is 0. The number of carbonyl (C=O) groups excluding carboxylic acids is 2. The summed E-state index contributed by atoms with van der Waals surface area (Å²) in [6.07, 6.45) is 2.77. The molecule has 0 radical (unpaired) electrons. The van der Waals surface area contributed by atoms with Gasteiger partial charge in [0.15, 0.2) is 5.78 Å². The third-order valence-corrected chi connectivity index (χ3v) is 4.35. The van der Waals surface area contributed by atoms with E-state index in [9.17, 15) is 9.59 Å². The van der Waals surface area contributed by atoms with Gasteiger partial charge in [0.25, 0.3) is 0 Å². The molecule has 0 N–H and O–H groups in total. The topological polar surface area (TPSA) is 96.8 Å². The molecule has 2 aromatic rings. The van der Waals surface area contributed by atoms with Gasteiger partial charge in [-0.3, -0.25) is 9.59 Å². The Bertz CT molecular complexity index is 946. The molecule has 0 fully saturated rings. The van der Waals surface area contributed by atoms with E-state index in [-0.39, 0.29) is 30.0 Å². The third kappa shape index (κ3) is 3.83. The van der Waals surface area contributed by atoms with E-state index in [4.69, 9.17) is 9.89 Å². The fraction of sp³-hybridized carbons (Fsp3) is 0.250. The number of ketones is 2. The minimum atomic E-state index is -0.166. The van der Waals surface area contributed by atoms with Crippen molar-refractivity contribution >= 4 is 11.6 Å². The first kappa shape index (κ1) is 17.5. The van der Waals surface area contributed by atoms with E-state index in [1.807, 2.05) is 43.3 Å². The van der Waals surface area contributed by atoms with Crippen molar-refractivity contribution in [2.24, 2.45) is 0 Å². The van der Waals surface area contributed by atoms with Crippen molar-refractivity contribution in [1.82, 2.24) is 10.3 Å². The molecule has 0 bridgehead atoms. The molecule has 0 unspecified atom stereocenters. The van der Waals surface area contributed by atoms with E-state index >= 15 is 0 Å². The summed E-state index contributed by atoms with van der Waals surface area (Å²) < 4.78 is 4.81. The molecule has 0 spiro atoms. The summed E-state index contributed by atoms with van der Waals surface area (Å²) >= 11 is 0. The van der Waals surface area contributed by atoms with E-state index in [2.05, 4.69) is 10.3 Å². The van der Waals surface area contributed by atoms with Crippen LogP contribution in [-0.4, -0.2) is 21.9 Å². The number of allylic oxidation sites excluding steroid dienone is 4. The van der Waals surface area contributed by atoms with E-state index < -0.39 is 0 Å². The van der Waals surface area contributed by atoms with E-state index in [0.717, 1.165) is 16.7 Å². The molecule has 1 aromatic carbocycles. The highest BCUT2D eigenvalue weighted by molar-refractivity contribution is 6.02. The first-order chi connectivity index (χ1) is 12.6. The third-order valence-electron chi connectivity index (χ3n) is 4.35. The second-order valence-electron chi connectivity index (χ2n) is 6.22. The molecule has 26 heavy (non-hydrogen) atoms. The lowest BCUT2D eigenvalue weighted by atomic mass is 9.89. The summed E-state index contributed by atoms with van der Waals surface area (Å²) in [6, 6.07) is 11.3. The van der Waals surface area contributed by atoms with Crippen LogP contribution in [0.4, 0.5) is 0 Å². The predicted molar refractivity (Wildman–Crippen MR) is 93.7 cm³/mol. The molecular formula is C20H17N3O3. The van der Waals surface area contributed by atoms with Gasteiger partial charge < -0.3 is 0 Å². The van der Waals surface area contributed by atoms with Crippen LogP contribution in [0, 0.1) is 11.3 Å². The number of benzene rings is 1. The van der Waals surface area contributed by atoms with Gasteiger partial charge in [-0.2, -0.15) is 5.26 Å². The van der Waals surface area contributed by atoms with Gasteiger partial charge in [0, 0.05) is 18.4 Å². The number of aromatic nitrogens is 2. The minimum Gasteiger partial charge on any atom is -0.299 e. The Morgan fingerprint density at radius 1 is 1.27 bits per heavy atom. The number of hydrogen-bond donors (Lipinski definition) is 0. The largest absolute Gasteiger partial charge is 0.299 e. The van der Waals surface area contributed by atoms with Crippen LogP contribution in [0.3, 0.4) is 0 Å². The van der Waals surface area contributed by atoms with Gasteiger partial charge >= 0.3 is 0 Å². The highest BCUT2D eigenvalue weighted by Gasteiger charge is 2.20. The molecule has 1 heterocycles. The van der Waals surface area contributed by atoms with Gasteiger partial charge in [-0.25, -0.2) is 4.63 Å². The first-order valence-corrected chi connectivity index (χ1v) is 8.30. The van der Waals surface area contributed by atoms with Crippen LogP contribution < -0.4 is 0 Å². The van der Waals surface area contributed by atoms with Crippen LogP contribution in [0.1, 0.15) is 31.9 Å². The standard InChI is InChI=1S/C20H17N3O3/c1-13-9-19(25)16(12-21)10-15(13)7-8-17(24)11-18-20(23-26-22-18)14-5-3-2-4-6-14/h2-6,10H,7-9,11H2,1H3. The highest BCUT2D eigenvalue weighted by Crippen LogP contribution is 2.25. The van der Waals surface area contributed by atoms with Crippen molar-refractivity contribution in [2.45, 2.75) is 32.6 Å².